The molecule has 1 fully saturated rings. The number of likely N-dealkylation sites (tertiary alicyclic amines) is 1. The normalized spacial score (nSPS) is 14.1. The molecule has 0 saturated carbocycles. The lowest BCUT2D eigenvalue weighted by Crippen LogP contribution is -2.33. The van der Waals surface area contributed by atoms with Crippen molar-refractivity contribution in [2.45, 2.75) is 66.0 Å². The largest absolute Gasteiger partial charge is 0.489 e. The van der Waals surface area contributed by atoms with E-state index in [0.717, 1.165) is 29.3 Å². The van der Waals surface area contributed by atoms with Crippen LogP contribution in [0.25, 0.3) is 0 Å². The van der Waals surface area contributed by atoms with E-state index in [9.17, 15) is 4.79 Å². The highest BCUT2D eigenvalue weighted by atomic mass is 16.5. The van der Waals surface area contributed by atoms with Crippen LogP contribution in [-0.2, 0) is 30.8 Å². The second kappa shape index (κ2) is 14.4. The number of carboxylic acids is 1. The summed E-state index contributed by atoms with van der Waals surface area (Å²) in [5, 5.41) is 8.79. The Bertz CT molecular complexity index is 1030. The molecular weight excluding hydrogens is 446 g/mol. The predicted octanol–water partition coefficient (Wildman–Crippen LogP) is 7.07. The maximum atomic E-state index is 10.7. The minimum absolute atomic E-state index is 0.151. The minimum Gasteiger partial charge on any atom is -0.489 e. The van der Waals surface area contributed by atoms with Gasteiger partial charge in [-0.3, -0.25) is 9.69 Å². The van der Waals surface area contributed by atoms with E-state index in [1.54, 1.807) is 0 Å². The Morgan fingerprint density at radius 1 is 0.833 bits per heavy atom. The summed E-state index contributed by atoms with van der Waals surface area (Å²) in [4.78, 5) is 13.3. The summed E-state index contributed by atoms with van der Waals surface area (Å²) in [5.74, 6) is 0.827. The molecule has 0 bridgehead atoms. The minimum atomic E-state index is -0.772. The lowest BCUT2D eigenvalue weighted by atomic mass is 9.90. The first-order chi connectivity index (χ1) is 17.5. The van der Waals surface area contributed by atoms with Gasteiger partial charge in [0.2, 0.25) is 0 Å². The van der Waals surface area contributed by atoms with Gasteiger partial charge >= 0.3 is 5.97 Å². The van der Waals surface area contributed by atoms with Gasteiger partial charge in [-0.2, -0.15) is 0 Å². The number of rotatable bonds is 10. The van der Waals surface area contributed by atoms with Crippen LogP contribution in [0.15, 0.2) is 72.8 Å². The van der Waals surface area contributed by atoms with Crippen LogP contribution in [0.2, 0.25) is 0 Å². The highest BCUT2D eigenvalue weighted by Crippen LogP contribution is 2.23. The van der Waals surface area contributed by atoms with Crippen LogP contribution < -0.4 is 4.74 Å². The third-order valence-electron chi connectivity index (χ3n) is 6.74. The molecule has 0 unspecified atom stereocenters. The number of ether oxygens (including phenoxy) is 1. The van der Waals surface area contributed by atoms with E-state index < -0.39 is 5.97 Å². The number of piperidine rings is 1. The Kier molecular flexibility index (Phi) is 11.0. The third-order valence-corrected chi connectivity index (χ3v) is 6.74. The molecule has 3 aromatic carbocycles. The molecule has 4 rings (SSSR count). The van der Waals surface area contributed by atoms with Crippen LogP contribution >= 0.6 is 0 Å². The molecule has 36 heavy (non-hydrogen) atoms. The van der Waals surface area contributed by atoms with Crippen molar-refractivity contribution in [3.63, 3.8) is 0 Å². The number of aryl methyl sites for hydroxylation is 2. The average molecular weight is 488 g/mol. The molecular formula is C32H41NO3. The first-order valence-electron chi connectivity index (χ1n) is 13.3. The highest BCUT2D eigenvalue weighted by molar-refractivity contribution is 5.67. The van der Waals surface area contributed by atoms with E-state index in [1.807, 2.05) is 38.1 Å². The number of hydrogen-bond acceptors (Lipinski definition) is 3. The molecule has 1 aliphatic heterocycles. The molecule has 0 amide bonds. The summed E-state index contributed by atoms with van der Waals surface area (Å²) >= 11 is 0. The topological polar surface area (TPSA) is 49.8 Å². The molecule has 0 aromatic heterocycles. The molecule has 1 saturated heterocycles. The zero-order chi connectivity index (χ0) is 25.8. The summed E-state index contributed by atoms with van der Waals surface area (Å²) < 4.78 is 5.90. The molecule has 3 aromatic rings. The van der Waals surface area contributed by atoms with Gasteiger partial charge in [0.05, 0.1) is 0 Å². The van der Waals surface area contributed by atoms with Crippen molar-refractivity contribution in [3.05, 3.63) is 101 Å². The molecule has 0 spiro atoms. The summed E-state index contributed by atoms with van der Waals surface area (Å²) in [6.07, 6.45) is 4.44. The summed E-state index contributed by atoms with van der Waals surface area (Å²) in [6.45, 7) is 10.0. The SMILES string of the molecule is CC.Cc1ccc(CC2CCN(Cc3ccc(COc4ccc(CCC(=O)O)cc4)cc3)CC2)cc1. The lowest BCUT2D eigenvalue weighted by molar-refractivity contribution is -0.136. The van der Waals surface area contributed by atoms with Gasteiger partial charge in [-0.15, -0.1) is 0 Å². The Hall–Kier alpha value is -3.11. The number of hydrogen-bond donors (Lipinski definition) is 1. The number of carboxylic acid groups (broad SMARTS) is 1. The number of benzene rings is 3. The van der Waals surface area contributed by atoms with Crippen LogP contribution in [0, 0.1) is 12.8 Å². The molecule has 0 atom stereocenters. The molecule has 0 aliphatic carbocycles. The fourth-order valence-corrected chi connectivity index (χ4v) is 4.58. The first kappa shape index (κ1) is 27.5. The standard InChI is InChI=1S/C30H35NO3.C2H6/c1-23-2-4-25(5-3-23)20-26-16-18-31(19-17-26)21-27-6-8-28(9-7-27)22-34-29-13-10-24(11-14-29)12-15-30(32)33;1-2/h2-11,13-14,26H,12,15-22H2,1H3,(H,32,33);1-2H3. The first-order valence-corrected chi connectivity index (χ1v) is 13.3. The zero-order valence-electron chi connectivity index (χ0n) is 22.1. The molecule has 192 valence electrons. The fourth-order valence-electron chi connectivity index (χ4n) is 4.58. The third kappa shape index (κ3) is 9.16. The highest BCUT2D eigenvalue weighted by Gasteiger charge is 2.19. The zero-order valence-corrected chi connectivity index (χ0v) is 22.1. The van der Waals surface area contributed by atoms with Crippen molar-refractivity contribution in [3.8, 4) is 5.75 Å². The molecule has 1 heterocycles. The van der Waals surface area contributed by atoms with Crippen LogP contribution in [-0.4, -0.2) is 29.1 Å². The van der Waals surface area contributed by atoms with Crippen molar-refractivity contribution in [1.29, 1.82) is 0 Å². The van der Waals surface area contributed by atoms with Crippen LogP contribution in [0.4, 0.5) is 0 Å². The maximum absolute atomic E-state index is 10.7. The summed E-state index contributed by atoms with van der Waals surface area (Å²) in [7, 11) is 0. The molecule has 0 radical (unpaired) electrons. The average Bonchev–Trinajstić information content (AvgIpc) is 2.91. The molecule has 1 N–H and O–H groups in total. The summed E-state index contributed by atoms with van der Waals surface area (Å²) in [6, 6.07) is 25.4. The van der Waals surface area contributed by atoms with Crippen LogP contribution in [0.1, 0.15) is 60.9 Å². The van der Waals surface area contributed by atoms with E-state index in [-0.39, 0.29) is 6.42 Å². The van der Waals surface area contributed by atoms with Gasteiger partial charge in [-0.25, -0.2) is 0 Å². The predicted molar refractivity (Wildman–Crippen MR) is 147 cm³/mol. The number of aliphatic carboxylic acids is 1. The van der Waals surface area contributed by atoms with E-state index in [0.29, 0.717) is 13.0 Å². The van der Waals surface area contributed by atoms with E-state index in [4.69, 9.17) is 9.84 Å². The van der Waals surface area contributed by atoms with Gasteiger partial charge in [0.15, 0.2) is 0 Å². The molecule has 4 nitrogen and oxygen atoms in total. The maximum Gasteiger partial charge on any atom is 0.303 e. The van der Waals surface area contributed by atoms with Gasteiger partial charge < -0.3 is 9.84 Å². The van der Waals surface area contributed by atoms with Gasteiger partial charge in [-0.1, -0.05) is 80.1 Å². The lowest BCUT2D eigenvalue weighted by Gasteiger charge is -2.32. The second-order valence-electron chi connectivity index (χ2n) is 9.55. The number of nitrogens with zero attached hydrogens (tertiary/aromatic N) is 1. The van der Waals surface area contributed by atoms with Crippen molar-refractivity contribution in [2.24, 2.45) is 5.92 Å². The van der Waals surface area contributed by atoms with Gasteiger partial charge in [0, 0.05) is 13.0 Å². The van der Waals surface area contributed by atoms with Crippen LogP contribution in [0.3, 0.4) is 0 Å². The van der Waals surface area contributed by atoms with E-state index in [1.165, 1.54) is 49.0 Å². The van der Waals surface area contributed by atoms with Gasteiger partial charge in [-0.05, 0) is 86.0 Å². The van der Waals surface area contributed by atoms with Crippen molar-refractivity contribution in [1.82, 2.24) is 4.90 Å². The van der Waals surface area contributed by atoms with Crippen LogP contribution in [0.5, 0.6) is 5.75 Å². The Morgan fingerprint density at radius 3 is 2.00 bits per heavy atom. The van der Waals surface area contributed by atoms with E-state index >= 15 is 0 Å². The smallest absolute Gasteiger partial charge is 0.303 e. The van der Waals surface area contributed by atoms with Crippen molar-refractivity contribution < 1.29 is 14.6 Å². The Balaban J connectivity index is 0.00000176. The summed E-state index contributed by atoms with van der Waals surface area (Å²) in [5.41, 5.74) is 6.31. The Labute approximate surface area is 216 Å². The van der Waals surface area contributed by atoms with Gasteiger partial charge in [0.25, 0.3) is 0 Å². The molecule has 1 aliphatic rings. The quantitative estimate of drug-likeness (QED) is 0.332. The number of carbonyl (C=O) groups is 1. The monoisotopic (exact) mass is 487 g/mol. The van der Waals surface area contributed by atoms with E-state index in [2.05, 4.69) is 60.4 Å². The Morgan fingerprint density at radius 2 is 1.39 bits per heavy atom. The fraction of sp³-hybridized carbons (Fsp3) is 0.406. The second-order valence-corrected chi connectivity index (χ2v) is 9.55. The van der Waals surface area contributed by atoms with Crippen molar-refractivity contribution in [2.75, 3.05) is 13.1 Å². The van der Waals surface area contributed by atoms with Gasteiger partial charge in [0.1, 0.15) is 12.4 Å². The molecule has 4 heteroatoms. The van der Waals surface area contributed by atoms with Crippen molar-refractivity contribution >= 4 is 5.97 Å².